The van der Waals surface area contributed by atoms with Gasteiger partial charge in [0, 0.05) is 18.1 Å². The number of hydrogen-bond acceptors (Lipinski definition) is 3. The van der Waals surface area contributed by atoms with Crippen molar-refractivity contribution in [1.29, 1.82) is 0 Å². The number of aliphatic hydroxyl groups is 1. The van der Waals surface area contributed by atoms with Crippen molar-refractivity contribution in [3.05, 3.63) is 24.5 Å². The second-order valence-corrected chi connectivity index (χ2v) is 2.65. The standard InChI is InChI=1S/C9H12N2O2/c1-2-8(12)9(13)11-7-3-5-10-6-4-7/h3-6,8,12H,2H2,1H3,(H,10,11,13). The second kappa shape index (κ2) is 4.57. The van der Waals surface area contributed by atoms with E-state index in [4.69, 9.17) is 5.11 Å². The van der Waals surface area contributed by atoms with Gasteiger partial charge >= 0.3 is 0 Å². The summed E-state index contributed by atoms with van der Waals surface area (Å²) < 4.78 is 0. The van der Waals surface area contributed by atoms with E-state index in [0.717, 1.165) is 0 Å². The molecule has 1 unspecified atom stereocenters. The summed E-state index contributed by atoms with van der Waals surface area (Å²) in [6.45, 7) is 1.75. The molecular formula is C9H12N2O2. The minimum Gasteiger partial charge on any atom is -0.383 e. The number of anilines is 1. The fourth-order valence-corrected chi connectivity index (χ4v) is 0.846. The molecular weight excluding hydrogens is 168 g/mol. The van der Waals surface area contributed by atoms with Gasteiger partial charge in [-0.2, -0.15) is 0 Å². The lowest BCUT2D eigenvalue weighted by molar-refractivity contribution is -0.124. The first-order valence-electron chi connectivity index (χ1n) is 4.13. The van der Waals surface area contributed by atoms with Crippen molar-refractivity contribution >= 4 is 11.6 Å². The van der Waals surface area contributed by atoms with Crippen molar-refractivity contribution in [3.63, 3.8) is 0 Å². The first-order chi connectivity index (χ1) is 6.24. The number of aromatic nitrogens is 1. The Morgan fingerprint density at radius 1 is 1.62 bits per heavy atom. The minimum absolute atomic E-state index is 0.381. The molecule has 4 nitrogen and oxygen atoms in total. The average molecular weight is 180 g/mol. The first-order valence-corrected chi connectivity index (χ1v) is 4.13. The summed E-state index contributed by atoms with van der Waals surface area (Å²) in [5.74, 6) is -0.381. The SMILES string of the molecule is CCC(O)C(=O)Nc1ccncc1. The molecule has 1 atom stereocenters. The van der Waals surface area contributed by atoms with Crippen LogP contribution in [0.25, 0.3) is 0 Å². The summed E-state index contributed by atoms with van der Waals surface area (Å²) in [5.41, 5.74) is 0.646. The van der Waals surface area contributed by atoms with Crippen LogP contribution in [0.2, 0.25) is 0 Å². The Balaban J connectivity index is 2.55. The molecule has 0 aliphatic carbocycles. The van der Waals surface area contributed by atoms with E-state index in [1.165, 1.54) is 0 Å². The fourth-order valence-electron chi connectivity index (χ4n) is 0.846. The normalized spacial score (nSPS) is 12.2. The van der Waals surface area contributed by atoms with Gasteiger partial charge in [-0.05, 0) is 18.6 Å². The summed E-state index contributed by atoms with van der Waals surface area (Å²) in [6.07, 6.45) is 2.63. The highest BCUT2D eigenvalue weighted by molar-refractivity contribution is 5.93. The van der Waals surface area contributed by atoms with Crippen LogP contribution in [0.1, 0.15) is 13.3 Å². The molecule has 1 rings (SSSR count). The highest BCUT2D eigenvalue weighted by Crippen LogP contribution is 2.04. The maximum absolute atomic E-state index is 11.2. The lowest BCUT2D eigenvalue weighted by atomic mass is 10.2. The summed E-state index contributed by atoms with van der Waals surface area (Å²) in [4.78, 5) is 15.0. The third-order valence-corrected chi connectivity index (χ3v) is 1.64. The van der Waals surface area contributed by atoms with E-state index in [1.54, 1.807) is 31.5 Å². The molecule has 4 heteroatoms. The smallest absolute Gasteiger partial charge is 0.253 e. The molecule has 13 heavy (non-hydrogen) atoms. The maximum Gasteiger partial charge on any atom is 0.253 e. The molecule has 1 amide bonds. The Bertz CT molecular complexity index is 274. The van der Waals surface area contributed by atoms with E-state index < -0.39 is 6.10 Å². The molecule has 1 aromatic rings. The van der Waals surface area contributed by atoms with Crippen molar-refractivity contribution in [2.45, 2.75) is 19.4 Å². The molecule has 0 bridgehead atoms. The number of nitrogens with one attached hydrogen (secondary N) is 1. The largest absolute Gasteiger partial charge is 0.383 e. The lowest BCUT2D eigenvalue weighted by Crippen LogP contribution is -2.26. The zero-order valence-corrected chi connectivity index (χ0v) is 7.40. The molecule has 0 aliphatic rings. The van der Waals surface area contributed by atoms with Crippen LogP contribution in [0, 0.1) is 0 Å². The highest BCUT2D eigenvalue weighted by Gasteiger charge is 2.11. The third-order valence-electron chi connectivity index (χ3n) is 1.64. The summed E-state index contributed by atoms with van der Waals surface area (Å²) in [6, 6.07) is 3.33. The van der Waals surface area contributed by atoms with E-state index >= 15 is 0 Å². The number of nitrogens with zero attached hydrogens (tertiary/aromatic N) is 1. The highest BCUT2D eigenvalue weighted by atomic mass is 16.3. The number of carbonyl (C=O) groups excluding carboxylic acids is 1. The molecule has 0 aliphatic heterocycles. The van der Waals surface area contributed by atoms with Gasteiger partial charge in [0.1, 0.15) is 6.10 Å². The summed E-state index contributed by atoms with van der Waals surface area (Å²) in [5, 5.41) is 11.7. The molecule has 1 aromatic heterocycles. The van der Waals surface area contributed by atoms with Crippen LogP contribution in [0.5, 0.6) is 0 Å². The van der Waals surface area contributed by atoms with Gasteiger partial charge < -0.3 is 10.4 Å². The third kappa shape index (κ3) is 2.83. The number of aliphatic hydroxyl groups excluding tert-OH is 1. The molecule has 0 fully saturated rings. The predicted octanol–water partition coefficient (Wildman–Crippen LogP) is 0.791. The van der Waals surface area contributed by atoms with Crippen molar-refractivity contribution in [2.24, 2.45) is 0 Å². The molecule has 1 heterocycles. The summed E-state index contributed by atoms with van der Waals surface area (Å²) >= 11 is 0. The quantitative estimate of drug-likeness (QED) is 0.723. The van der Waals surface area contributed by atoms with Gasteiger partial charge in [0.25, 0.3) is 5.91 Å². The van der Waals surface area contributed by atoms with Gasteiger partial charge in [0.05, 0.1) is 0 Å². The van der Waals surface area contributed by atoms with Gasteiger partial charge in [-0.15, -0.1) is 0 Å². The summed E-state index contributed by atoms with van der Waals surface area (Å²) in [7, 11) is 0. The van der Waals surface area contributed by atoms with Crippen LogP contribution in [0.4, 0.5) is 5.69 Å². The molecule has 0 spiro atoms. The molecule has 0 saturated heterocycles. The van der Waals surface area contributed by atoms with Crippen LogP contribution in [-0.4, -0.2) is 22.1 Å². The zero-order valence-electron chi connectivity index (χ0n) is 7.40. The Morgan fingerprint density at radius 3 is 2.77 bits per heavy atom. The van der Waals surface area contributed by atoms with E-state index in [-0.39, 0.29) is 5.91 Å². The fraction of sp³-hybridized carbons (Fsp3) is 0.333. The van der Waals surface area contributed by atoms with Crippen LogP contribution < -0.4 is 5.32 Å². The van der Waals surface area contributed by atoms with Crippen LogP contribution >= 0.6 is 0 Å². The Kier molecular flexibility index (Phi) is 3.40. The van der Waals surface area contributed by atoms with Crippen LogP contribution in [0.15, 0.2) is 24.5 Å². The number of amides is 1. The van der Waals surface area contributed by atoms with Crippen molar-refractivity contribution < 1.29 is 9.90 Å². The number of rotatable bonds is 3. The van der Waals surface area contributed by atoms with Crippen molar-refractivity contribution in [2.75, 3.05) is 5.32 Å². The number of hydrogen-bond donors (Lipinski definition) is 2. The Hall–Kier alpha value is -1.42. The molecule has 2 N–H and O–H groups in total. The van der Waals surface area contributed by atoms with E-state index in [1.807, 2.05) is 0 Å². The minimum atomic E-state index is -0.937. The van der Waals surface area contributed by atoms with Crippen LogP contribution in [-0.2, 0) is 4.79 Å². The second-order valence-electron chi connectivity index (χ2n) is 2.65. The monoisotopic (exact) mass is 180 g/mol. The molecule has 0 saturated carbocycles. The number of pyridine rings is 1. The van der Waals surface area contributed by atoms with Crippen molar-refractivity contribution in [1.82, 2.24) is 4.98 Å². The van der Waals surface area contributed by atoms with Gasteiger partial charge in [-0.25, -0.2) is 0 Å². The molecule has 0 aromatic carbocycles. The topological polar surface area (TPSA) is 62.2 Å². The van der Waals surface area contributed by atoms with Gasteiger partial charge in [-0.1, -0.05) is 6.92 Å². The zero-order chi connectivity index (χ0) is 9.68. The first kappa shape index (κ1) is 9.67. The predicted molar refractivity (Wildman–Crippen MR) is 49.2 cm³/mol. The number of carbonyl (C=O) groups is 1. The molecule has 0 radical (unpaired) electrons. The van der Waals surface area contributed by atoms with Gasteiger partial charge in [0.15, 0.2) is 0 Å². The molecule has 70 valence electrons. The Morgan fingerprint density at radius 2 is 2.23 bits per heavy atom. The maximum atomic E-state index is 11.2. The van der Waals surface area contributed by atoms with E-state index in [0.29, 0.717) is 12.1 Å². The Labute approximate surface area is 76.6 Å². The van der Waals surface area contributed by atoms with Gasteiger partial charge in [0.2, 0.25) is 0 Å². The average Bonchev–Trinajstić information content (AvgIpc) is 2.18. The van der Waals surface area contributed by atoms with Crippen LogP contribution in [0.3, 0.4) is 0 Å². The lowest BCUT2D eigenvalue weighted by Gasteiger charge is -2.08. The van der Waals surface area contributed by atoms with E-state index in [2.05, 4.69) is 10.3 Å². The van der Waals surface area contributed by atoms with Crippen molar-refractivity contribution in [3.8, 4) is 0 Å². The van der Waals surface area contributed by atoms with E-state index in [9.17, 15) is 4.79 Å². The van der Waals surface area contributed by atoms with Gasteiger partial charge in [-0.3, -0.25) is 9.78 Å².